The van der Waals surface area contributed by atoms with Crippen LogP contribution in [0.2, 0.25) is 5.02 Å². The molecule has 2 amide bonds. The number of hydrogen-bond acceptors (Lipinski definition) is 6. The third kappa shape index (κ3) is 9.60. The number of nitrogens with one attached hydrogen (secondary N) is 2. The molecule has 1 aromatic carbocycles. The molecule has 0 radical (unpaired) electrons. The standard InChI is InChI=1S/C19H22ClFN2O9/c20-10-4-5-11(12(21)9-10)16(26)22-8-2-1-3-14(18(29)30)32-19(31)23-13(17(27)28)6-7-15(24)25/h4-5,9,13-14H,1-3,6-8H2,(H,22,26)(H,23,31)(H,24,25)(H,27,28)(H,29,30)/t13-,14-/m0/s1. The Hall–Kier alpha value is -3.41. The van der Waals surface area contributed by atoms with Crippen molar-refractivity contribution in [3.05, 3.63) is 34.6 Å². The minimum Gasteiger partial charge on any atom is -0.481 e. The van der Waals surface area contributed by atoms with Crippen LogP contribution in [0.1, 0.15) is 42.5 Å². The van der Waals surface area contributed by atoms with E-state index in [0.717, 1.165) is 6.07 Å². The first-order valence-electron chi connectivity index (χ1n) is 9.39. The summed E-state index contributed by atoms with van der Waals surface area (Å²) >= 11 is 5.62. The molecule has 1 aromatic rings. The van der Waals surface area contributed by atoms with Crippen LogP contribution >= 0.6 is 11.6 Å². The van der Waals surface area contributed by atoms with Gasteiger partial charge < -0.3 is 30.7 Å². The Morgan fingerprint density at radius 2 is 1.72 bits per heavy atom. The highest BCUT2D eigenvalue weighted by Crippen LogP contribution is 2.14. The lowest BCUT2D eigenvalue weighted by Gasteiger charge is -2.17. The van der Waals surface area contributed by atoms with Crippen molar-refractivity contribution in [3.63, 3.8) is 0 Å². The second-order valence-corrected chi connectivity index (χ2v) is 7.01. The highest BCUT2D eigenvalue weighted by molar-refractivity contribution is 6.30. The summed E-state index contributed by atoms with van der Waals surface area (Å²) in [7, 11) is 0. The molecule has 0 saturated heterocycles. The second kappa shape index (κ2) is 13.1. The van der Waals surface area contributed by atoms with Gasteiger partial charge in [-0.2, -0.15) is 0 Å². The van der Waals surface area contributed by atoms with Gasteiger partial charge in [0, 0.05) is 18.0 Å². The molecule has 11 nitrogen and oxygen atoms in total. The molecule has 0 aliphatic rings. The van der Waals surface area contributed by atoms with Crippen LogP contribution in [0.5, 0.6) is 0 Å². The van der Waals surface area contributed by atoms with Crippen LogP contribution in [-0.2, 0) is 19.1 Å². The zero-order chi connectivity index (χ0) is 24.3. The number of carbonyl (C=O) groups excluding carboxylic acids is 2. The zero-order valence-electron chi connectivity index (χ0n) is 16.7. The van der Waals surface area contributed by atoms with E-state index in [2.05, 4.69) is 5.32 Å². The maximum atomic E-state index is 13.7. The number of rotatable bonds is 13. The summed E-state index contributed by atoms with van der Waals surface area (Å²) in [4.78, 5) is 56.6. The number of unbranched alkanes of at least 4 members (excludes halogenated alkanes) is 1. The van der Waals surface area contributed by atoms with Crippen LogP contribution < -0.4 is 10.6 Å². The first-order valence-corrected chi connectivity index (χ1v) is 9.76. The summed E-state index contributed by atoms with van der Waals surface area (Å²) in [5, 5.41) is 31.3. The molecular weight excluding hydrogens is 455 g/mol. The molecule has 0 aromatic heterocycles. The van der Waals surface area contributed by atoms with E-state index in [1.54, 1.807) is 0 Å². The SMILES string of the molecule is O=C(O)CC[C@H](NC(=O)O[C@@H](CCCCNC(=O)c1ccc(Cl)cc1F)C(=O)O)C(=O)O. The minimum atomic E-state index is -1.59. The molecule has 176 valence electrons. The molecule has 0 aliphatic heterocycles. The monoisotopic (exact) mass is 476 g/mol. The minimum absolute atomic E-state index is 0.0930. The molecule has 0 unspecified atom stereocenters. The predicted molar refractivity (Wildman–Crippen MR) is 107 cm³/mol. The average molecular weight is 477 g/mol. The van der Waals surface area contributed by atoms with Crippen molar-refractivity contribution in [3.8, 4) is 0 Å². The van der Waals surface area contributed by atoms with Gasteiger partial charge in [0.15, 0.2) is 0 Å². The Bertz CT molecular complexity index is 865. The van der Waals surface area contributed by atoms with E-state index in [1.165, 1.54) is 12.1 Å². The Morgan fingerprint density at radius 3 is 2.28 bits per heavy atom. The molecule has 13 heteroatoms. The second-order valence-electron chi connectivity index (χ2n) is 6.58. The normalized spacial score (nSPS) is 12.3. The lowest BCUT2D eigenvalue weighted by atomic mass is 10.1. The van der Waals surface area contributed by atoms with Gasteiger partial charge in [-0.25, -0.2) is 18.8 Å². The molecule has 0 fully saturated rings. The fourth-order valence-electron chi connectivity index (χ4n) is 2.49. The maximum absolute atomic E-state index is 13.7. The van der Waals surface area contributed by atoms with Gasteiger partial charge in [-0.15, -0.1) is 0 Å². The molecule has 5 N–H and O–H groups in total. The van der Waals surface area contributed by atoms with Crippen LogP contribution in [-0.4, -0.2) is 63.9 Å². The predicted octanol–water partition coefficient (Wildman–Crippen LogP) is 1.88. The fourth-order valence-corrected chi connectivity index (χ4v) is 2.65. The molecule has 1 rings (SSSR count). The number of carbonyl (C=O) groups is 5. The molecule has 0 aliphatic carbocycles. The highest BCUT2D eigenvalue weighted by Gasteiger charge is 2.26. The number of amides is 2. The Balaban J connectivity index is 2.45. The van der Waals surface area contributed by atoms with E-state index in [-0.39, 0.29) is 36.4 Å². The average Bonchev–Trinajstić information content (AvgIpc) is 2.69. The third-order valence-electron chi connectivity index (χ3n) is 4.12. The first-order chi connectivity index (χ1) is 15.0. The third-order valence-corrected chi connectivity index (χ3v) is 4.35. The maximum Gasteiger partial charge on any atom is 0.408 e. The van der Waals surface area contributed by atoms with Crippen LogP contribution in [0, 0.1) is 5.82 Å². The van der Waals surface area contributed by atoms with Crippen molar-refractivity contribution >= 4 is 41.5 Å². The number of halogens is 2. The number of benzene rings is 1. The van der Waals surface area contributed by atoms with E-state index in [4.69, 9.17) is 31.7 Å². The van der Waals surface area contributed by atoms with Gasteiger partial charge in [0.25, 0.3) is 5.91 Å². The zero-order valence-corrected chi connectivity index (χ0v) is 17.4. The summed E-state index contributed by atoms with van der Waals surface area (Å²) in [6, 6.07) is 2.01. The van der Waals surface area contributed by atoms with Crippen molar-refractivity contribution in [2.24, 2.45) is 0 Å². The number of carboxylic acid groups (broad SMARTS) is 3. The Morgan fingerprint density at radius 1 is 1.03 bits per heavy atom. The summed E-state index contributed by atoms with van der Waals surface area (Å²) < 4.78 is 18.4. The topological polar surface area (TPSA) is 179 Å². The lowest BCUT2D eigenvalue weighted by molar-refractivity contribution is -0.147. The smallest absolute Gasteiger partial charge is 0.408 e. The van der Waals surface area contributed by atoms with Crippen molar-refractivity contribution in [2.45, 2.75) is 44.2 Å². The fraction of sp³-hybridized carbons (Fsp3) is 0.421. The lowest BCUT2D eigenvalue weighted by Crippen LogP contribution is -2.43. The van der Waals surface area contributed by atoms with E-state index in [1.807, 2.05) is 5.32 Å². The van der Waals surface area contributed by atoms with Crippen molar-refractivity contribution in [2.75, 3.05) is 6.54 Å². The van der Waals surface area contributed by atoms with Crippen molar-refractivity contribution in [1.29, 1.82) is 0 Å². The molecule has 0 bridgehead atoms. The summed E-state index contributed by atoms with van der Waals surface area (Å²) in [5.41, 5.74) is -0.200. The molecule has 0 heterocycles. The van der Waals surface area contributed by atoms with Gasteiger partial charge in [0.05, 0.1) is 5.56 Å². The summed E-state index contributed by atoms with van der Waals surface area (Å²) in [5.74, 6) is -5.69. The van der Waals surface area contributed by atoms with E-state index in [0.29, 0.717) is 0 Å². The molecule has 2 atom stereocenters. The largest absolute Gasteiger partial charge is 0.481 e. The Labute approximate surface area is 186 Å². The van der Waals surface area contributed by atoms with Gasteiger partial charge in [-0.05, 0) is 43.9 Å². The number of carboxylic acids is 3. The van der Waals surface area contributed by atoms with Gasteiger partial charge in [0.1, 0.15) is 11.9 Å². The Kier molecular flexibility index (Phi) is 10.9. The summed E-state index contributed by atoms with van der Waals surface area (Å²) in [6.45, 7) is 0.0930. The number of ether oxygens (including phenoxy) is 1. The van der Waals surface area contributed by atoms with Crippen LogP contribution in [0.25, 0.3) is 0 Å². The van der Waals surface area contributed by atoms with Crippen LogP contribution in [0.15, 0.2) is 18.2 Å². The molecule has 32 heavy (non-hydrogen) atoms. The first kappa shape index (κ1) is 26.6. The van der Waals surface area contributed by atoms with E-state index in [9.17, 15) is 28.4 Å². The van der Waals surface area contributed by atoms with Crippen LogP contribution in [0.3, 0.4) is 0 Å². The van der Waals surface area contributed by atoms with Gasteiger partial charge >= 0.3 is 24.0 Å². The number of hydrogen-bond donors (Lipinski definition) is 5. The van der Waals surface area contributed by atoms with Gasteiger partial charge in [-0.1, -0.05) is 11.6 Å². The van der Waals surface area contributed by atoms with E-state index < -0.39 is 60.7 Å². The number of aliphatic carboxylic acids is 3. The number of alkyl carbamates (subject to hydrolysis) is 1. The van der Waals surface area contributed by atoms with Crippen LogP contribution in [0.4, 0.5) is 9.18 Å². The van der Waals surface area contributed by atoms with E-state index >= 15 is 0 Å². The molecule has 0 saturated carbocycles. The van der Waals surface area contributed by atoms with Gasteiger partial charge in [0.2, 0.25) is 6.10 Å². The molecular formula is C19H22ClFN2O9. The van der Waals surface area contributed by atoms with Gasteiger partial charge in [-0.3, -0.25) is 9.59 Å². The molecule has 0 spiro atoms. The highest BCUT2D eigenvalue weighted by atomic mass is 35.5. The van der Waals surface area contributed by atoms with Crippen molar-refractivity contribution < 1.29 is 48.4 Å². The van der Waals surface area contributed by atoms with Crippen molar-refractivity contribution in [1.82, 2.24) is 10.6 Å². The quantitative estimate of drug-likeness (QED) is 0.265. The summed E-state index contributed by atoms with van der Waals surface area (Å²) in [6.07, 6.45) is -3.49.